The molecule has 1 aliphatic rings. The van der Waals surface area contributed by atoms with Gasteiger partial charge >= 0.3 is 0 Å². The van der Waals surface area contributed by atoms with Crippen LogP contribution in [0.5, 0.6) is 5.75 Å². The van der Waals surface area contributed by atoms with Crippen LogP contribution in [-0.2, 0) is 11.2 Å². The average Bonchev–Trinajstić information content (AvgIpc) is 2.76. The van der Waals surface area contributed by atoms with Crippen molar-refractivity contribution in [2.45, 2.75) is 58.9 Å². The summed E-state index contributed by atoms with van der Waals surface area (Å²) in [7, 11) is 0. The Kier molecular flexibility index (Phi) is 8.10. The van der Waals surface area contributed by atoms with E-state index in [9.17, 15) is 9.59 Å². The van der Waals surface area contributed by atoms with Crippen molar-refractivity contribution in [1.82, 2.24) is 10.2 Å². The molecule has 5 nitrogen and oxygen atoms in total. The summed E-state index contributed by atoms with van der Waals surface area (Å²) in [4.78, 5) is 26.9. The molecule has 5 heteroatoms. The summed E-state index contributed by atoms with van der Waals surface area (Å²) in [5.74, 6) is 1.11. The first-order valence-electron chi connectivity index (χ1n) is 11.3. The molecule has 0 bridgehead atoms. The quantitative estimate of drug-likeness (QED) is 0.684. The van der Waals surface area contributed by atoms with Gasteiger partial charge in [0, 0.05) is 31.1 Å². The molecule has 0 unspecified atom stereocenters. The zero-order chi connectivity index (χ0) is 22.2. The van der Waals surface area contributed by atoms with E-state index in [0.717, 1.165) is 48.1 Å². The highest BCUT2D eigenvalue weighted by Gasteiger charge is 2.24. The number of likely N-dealkylation sites (tertiary alicyclic amines) is 1. The number of amides is 2. The van der Waals surface area contributed by atoms with E-state index < -0.39 is 0 Å². The summed E-state index contributed by atoms with van der Waals surface area (Å²) in [6.07, 6.45) is 3.84. The minimum Gasteiger partial charge on any atom is -0.494 e. The van der Waals surface area contributed by atoms with Crippen molar-refractivity contribution in [3.8, 4) is 5.75 Å². The Morgan fingerprint density at radius 3 is 2.42 bits per heavy atom. The van der Waals surface area contributed by atoms with Crippen molar-refractivity contribution in [2.24, 2.45) is 0 Å². The molecule has 0 atom stereocenters. The van der Waals surface area contributed by atoms with Gasteiger partial charge in [-0.2, -0.15) is 0 Å². The van der Waals surface area contributed by atoms with Gasteiger partial charge in [-0.15, -0.1) is 0 Å². The first kappa shape index (κ1) is 22.9. The number of carbonyl (C=O) groups excluding carboxylic acids is 2. The number of piperidine rings is 1. The van der Waals surface area contributed by atoms with E-state index in [1.54, 1.807) is 0 Å². The molecule has 0 saturated carbocycles. The van der Waals surface area contributed by atoms with Crippen LogP contribution in [0.4, 0.5) is 0 Å². The largest absolute Gasteiger partial charge is 0.494 e. The summed E-state index contributed by atoms with van der Waals surface area (Å²) >= 11 is 0. The molecule has 0 radical (unpaired) electrons. The second kappa shape index (κ2) is 11.0. The van der Waals surface area contributed by atoms with E-state index in [1.807, 2.05) is 49.1 Å². The van der Waals surface area contributed by atoms with Crippen LogP contribution in [0.2, 0.25) is 0 Å². The molecule has 0 aromatic heterocycles. The molecule has 1 N–H and O–H groups in total. The topological polar surface area (TPSA) is 58.6 Å². The van der Waals surface area contributed by atoms with Gasteiger partial charge in [0.15, 0.2) is 0 Å². The molecule has 0 spiro atoms. The summed E-state index contributed by atoms with van der Waals surface area (Å²) in [5.41, 5.74) is 4.25. The van der Waals surface area contributed by atoms with Crippen LogP contribution in [0.25, 0.3) is 0 Å². The number of nitrogens with one attached hydrogen (secondary N) is 1. The molecule has 166 valence electrons. The Hall–Kier alpha value is -2.82. The predicted molar refractivity (Wildman–Crippen MR) is 124 cm³/mol. The van der Waals surface area contributed by atoms with Crippen LogP contribution >= 0.6 is 0 Å². The van der Waals surface area contributed by atoms with E-state index in [2.05, 4.69) is 24.4 Å². The van der Waals surface area contributed by atoms with Gasteiger partial charge < -0.3 is 15.0 Å². The molecule has 3 rings (SSSR count). The van der Waals surface area contributed by atoms with Gasteiger partial charge in [0.2, 0.25) is 5.91 Å². The highest BCUT2D eigenvalue weighted by atomic mass is 16.5. The molecule has 2 amide bonds. The van der Waals surface area contributed by atoms with Crippen molar-refractivity contribution in [3.63, 3.8) is 0 Å². The number of aryl methyl sites for hydroxylation is 3. The standard InChI is InChI=1S/C26H34N2O3/c1-4-31-24-13-10-21(18-20(24)3)6-5-7-25(29)27-23-14-16-28(17-15-23)26(30)22-11-8-19(2)9-12-22/h8-13,18,23H,4-7,14-17H2,1-3H3,(H,27,29). The Balaban J connectivity index is 1.37. The third kappa shape index (κ3) is 6.58. The number of ether oxygens (including phenoxy) is 1. The lowest BCUT2D eigenvalue weighted by Crippen LogP contribution is -2.46. The molecule has 1 fully saturated rings. The fraction of sp³-hybridized carbons (Fsp3) is 0.462. The maximum absolute atomic E-state index is 12.6. The number of hydrogen-bond acceptors (Lipinski definition) is 3. The van der Waals surface area contributed by atoms with Gasteiger partial charge in [-0.05, 0) is 75.8 Å². The minimum atomic E-state index is 0.0791. The number of nitrogens with zero attached hydrogens (tertiary/aromatic N) is 1. The van der Waals surface area contributed by atoms with Crippen LogP contribution in [0.1, 0.15) is 59.7 Å². The molecular weight excluding hydrogens is 388 g/mol. The van der Waals surface area contributed by atoms with Gasteiger partial charge in [-0.1, -0.05) is 29.8 Å². The maximum Gasteiger partial charge on any atom is 0.253 e. The van der Waals surface area contributed by atoms with E-state index in [4.69, 9.17) is 4.74 Å². The molecule has 0 aliphatic carbocycles. The fourth-order valence-corrected chi connectivity index (χ4v) is 4.04. The molecular formula is C26H34N2O3. The molecule has 2 aromatic rings. The SMILES string of the molecule is CCOc1ccc(CCCC(=O)NC2CCN(C(=O)c3ccc(C)cc3)CC2)cc1C. The lowest BCUT2D eigenvalue weighted by Gasteiger charge is -2.32. The van der Waals surface area contributed by atoms with Crippen molar-refractivity contribution >= 4 is 11.8 Å². The number of carbonyl (C=O) groups is 2. The third-order valence-electron chi connectivity index (χ3n) is 5.85. The van der Waals surface area contributed by atoms with Crippen LogP contribution in [0, 0.1) is 13.8 Å². The Bertz CT molecular complexity index is 884. The van der Waals surface area contributed by atoms with Crippen molar-refractivity contribution in [3.05, 3.63) is 64.7 Å². The highest BCUT2D eigenvalue weighted by Crippen LogP contribution is 2.20. The first-order valence-corrected chi connectivity index (χ1v) is 11.3. The fourth-order valence-electron chi connectivity index (χ4n) is 4.04. The highest BCUT2D eigenvalue weighted by molar-refractivity contribution is 5.94. The van der Waals surface area contributed by atoms with Gasteiger partial charge in [0.1, 0.15) is 5.75 Å². The lowest BCUT2D eigenvalue weighted by molar-refractivity contribution is -0.122. The van der Waals surface area contributed by atoms with Crippen LogP contribution in [0.15, 0.2) is 42.5 Å². The summed E-state index contributed by atoms with van der Waals surface area (Å²) in [5, 5.41) is 3.15. The van der Waals surface area contributed by atoms with Crippen LogP contribution in [-0.4, -0.2) is 42.5 Å². The lowest BCUT2D eigenvalue weighted by atomic mass is 10.0. The Labute approximate surface area is 185 Å². The number of benzene rings is 2. The summed E-state index contributed by atoms with van der Waals surface area (Å²) in [6, 6.07) is 14.1. The van der Waals surface area contributed by atoms with Gasteiger partial charge in [0.25, 0.3) is 5.91 Å². The van der Waals surface area contributed by atoms with Crippen molar-refractivity contribution in [1.29, 1.82) is 0 Å². The van der Waals surface area contributed by atoms with E-state index in [1.165, 1.54) is 5.56 Å². The second-order valence-electron chi connectivity index (χ2n) is 8.39. The molecule has 1 heterocycles. The first-order chi connectivity index (χ1) is 15.0. The third-order valence-corrected chi connectivity index (χ3v) is 5.85. The Morgan fingerprint density at radius 2 is 1.77 bits per heavy atom. The van der Waals surface area contributed by atoms with Crippen LogP contribution in [0.3, 0.4) is 0 Å². The monoisotopic (exact) mass is 422 g/mol. The Morgan fingerprint density at radius 1 is 1.06 bits per heavy atom. The molecule has 1 saturated heterocycles. The molecule has 2 aromatic carbocycles. The van der Waals surface area contributed by atoms with E-state index in [0.29, 0.717) is 26.1 Å². The van der Waals surface area contributed by atoms with Gasteiger partial charge in [-0.25, -0.2) is 0 Å². The number of rotatable bonds is 8. The van der Waals surface area contributed by atoms with Crippen molar-refractivity contribution < 1.29 is 14.3 Å². The summed E-state index contributed by atoms with van der Waals surface area (Å²) < 4.78 is 5.58. The van der Waals surface area contributed by atoms with Gasteiger partial charge in [0.05, 0.1) is 6.61 Å². The second-order valence-corrected chi connectivity index (χ2v) is 8.39. The smallest absolute Gasteiger partial charge is 0.253 e. The maximum atomic E-state index is 12.6. The van der Waals surface area contributed by atoms with Crippen LogP contribution < -0.4 is 10.1 Å². The van der Waals surface area contributed by atoms with Crippen molar-refractivity contribution in [2.75, 3.05) is 19.7 Å². The molecule has 1 aliphatic heterocycles. The van der Waals surface area contributed by atoms with E-state index in [-0.39, 0.29) is 17.9 Å². The normalized spacial score (nSPS) is 14.4. The average molecular weight is 423 g/mol. The zero-order valence-electron chi connectivity index (χ0n) is 18.9. The minimum absolute atomic E-state index is 0.0791. The molecule has 31 heavy (non-hydrogen) atoms. The predicted octanol–water partition coefficient (Wildman–Crippen LogP) is 4.45. The van der Waals surface area contributed by atoms with Gasteiger partial charge in [-0.3, -0.25) is 9.59 Å². The number of hydrogen-bond donors (Lipinski definition) is 1. The van der Waals surface area contributed by atoms with E-state index >= 15 is 0 Å². The summed E-state index contributed by atoms with van der Waals surface area (Å²) in [6.45, 7) is 8.09. The zero-order valence-corrected chi connectivity index (χ0v) is 18.9.